The number of hydrogen-bond donors (Lipinski definition) is 0. The van der Waals surface area contributed by atoms with Crippen LogP contribution in [-0.2, 0) is 9.47 Å². The first-order chi connectivity index (χ1) is 11.4. The lowest BCUT2D eigenvalue weighted by atomic mass is 9.89. The van der Waals surface area contributed by atoms with Crippen molar-refractivity contribution in [3.05, 3.63) is 41.5 Å². The number of aldehydes is 1. The van der Waals surface area contributed by atoms with Crippen LogP contribution >= 0.6 is 0 Å². The number of rotatable bonds is 2. The van der Waals surface area contributed by atoms with Crippen LogP contribution in [0, 0.1) is 0 Å². The average molecular weight is 329 g/mol. The Morgan fingerprint density at radius 1 is 1.33 bits per heavy atom. The molecule has 0 aliphatic carbocycles. The molecular weight excluding hydrogens is 306 g/mol. The van der Waals surface area contributed by atoms with Gasteiger partial charge in [0.1, 0.15) is 11.9 Å². The Hall–Kier alpha value is -2.14. The van der Waals surface area contributed by atoms with Gasteiger partial charge in [-0.25, -0.2) is 4.79 Å². The molecule has 1 saturated heterocycles. The van der Waals surface area contributed by atoms with Gasteiger partial charge >= 0.3 is 6.09 Å². The Morgan fingerprint density at radius 3 is 2.79 bits per heavy atom. The van der Waals surface area contributed by atoms with E-state index in [2.05, 4.69) is 6.08 Å². The fourth-order valence-electron chi connectivity index (χ4n) is 3.22. The molecule has 2 unspecified atom stereocenters. The van der Waals surface area contributed by atoms with E-state index in [9.17, 15) is 9.59 Å². The van der Waals surface area contributed by atoms with Crippen LogP contribution in [0.15, 0.2) is 30.3 Å². The van der Waals surface area contributed by atoms with E-state index in [1.807, 2.05) is 39.0 Å². The minimum atomic E-state index is -0.519. The lowest BCUT2D eigenvalue weighted by Gasteiger charge is -2.44. The van der Waals surface area contributed by atoms with Gasteiger partial charge in [-0.05, 0) is 44.4 Å². The fourth-order valence-corrected chi connectivity index (χ4v) is 3.22. The molecule has 5 heteroatoms. The number of morpholine rings is 1. The predicted octanol–water partition coefficient (Wildman–Crippen LogP) is 3.29. The van der Waals surface area contributed by atoms with Crippen molar-refractivity contribution in [1.82, 2.24) is 4.90 Å². The summed E-state index contributed by atoms with van der Waals surface area (Å²) in [4.78, 5) is 25.3. The largest absolute Gasteiger partial charge is 0.444 e. The molecule has 2 atom stereocenters. The second-order valence-corrected chi connectivity index (χ2v) is 7.29. The molecule has 2 bridgehead atoms. The quantitative estimate of drug-likeness (QED) is 0.781. The van der Waals surface area contributed by atoms with Crippen LogP contribution < -0.4 is 0 Å². The van der Waals surface area contributed by atoms with E-state index in [0.717, 1.165) is 17.4 Å². The second kappa shape index (κ2) is 6.40. The number of carbonyl (C=O) groups excluding carboxylic acids is 2. The van der Waals surface area contributed by atoms with Crippen LogP contribution in [-0.4, -0.2) is 48.2 Å². The molecule has 0 saturated carbocycles. The lowest BCUT2D eigenvalue weighted by molar-refractivity contribution is -0.0510. The van der Waals surface area contributed by atoms with E-state index in [4.69, 9.17) is 9.47 Å². The molecule has 3 rings (SSSR count). The molecule has 2 heterocycles. The molecule has 0 radical (unpaired) electrons. The van der Waals surface area contributed by atoms with Crippen molar-refractivity contribution in [2.45, 2.75) is 44.9 Å². The van der Waals surface area contributed by atoms with E-state index >= 15 is 0 Å². The monoisotopic (exact) mass is 329 g/mol. The van der Waals surface area contributed by atoms with Gasteiger partial charge in [0, 0.05) is 5.56 Å². The summed E-state index contributed by atoms with van der Waals surface area (Å²) in [5, 5.41) is 0. The zero-order chi connectivity index (χ0) is 17.3. The van der Waals surface area contributed by atoms with Gasteiger partial charge < -0.3 is 9.47 Å². The molecule has 2 aliphatic rings. The average Bonchev–Trinajstić information content (AvgIpc) is 2.52. The number of hydrogen-bond acceptors (Lipinski definition) is 4. The Morgan fingerprint density at radius 2 is 2.12 bits per heavy atom. The van der Waals surface area contributed by atoms with Crippen molar-refractivity contribution in [2.75, 3.05) is 13.2 Å². The maximum Gasteiger partial charge on any atom is 0.411 e. The van der Waals surface area contributed by atoms with Crippen LogP contribution in [0.4, 0.5) is 4.79 Å². The number of carbonyl (C=O) groups is 2. The summed E-state index contributed by atoms with van der Waals surface area (Å²) in [7, 11) is 0. The van der Waals surface area contributed by atoms with Crippen LogP contribution in [0.25, 0.3) is 5.57 Å². The smallest absolute Gasteiger partial charge is 0.411 e. The molecule has 0 aromatic heterocycles. The van der Waals surface area contributed by atoms with E-state index in [-0.39, 0.29) is 18.2 Å². The van der Waals surface area contributed by atoms with Gasteiger partial charge in [0.05, 0.1) is 25.3 Å². The standard InChI is InChI=1S/C19H23NO4/c1-19(2,3)24-18(22)20-16-8-15(9-17(20)12-23-11-16)14-6-4-5-13(7-14)10-21/h4-8,10,16-17H,9,11-12H2,1-3H3. The summed E-state index contributed by atoms with van der Waals surface area (Å²) in [6.45, 7) is 6.57. The van der Waals surface area contributed by atoms with E-state index in [0.29, 0.717) is 25.2 Å². The molecule has 2 aliphatic heterocycles. The first-order valence-electron chi connectivity index (χ1n) is 8.23. The number of fused-ring (bicyclic) bond motifs is 2. The maximum absolute atomic E-state index is 12.5. The highest BCUT2D eigenvalue weighted by molar-refractivity contribution is 5.79. The van der Waals surface area contributed by atoms with E-state index < -0.39 is 5.60 Å². The summed E-state index contributed by atoms with van der Waals surface area (Å²) in [6, 6.07) is 7.38. The van der Waals surface area contributed by atoms with Gasteiger partial charge in [-0.2, -0.15) is 0 Å². The Kier molecular flexibility index (Phi) is 4.45. The molecule has 1 amide bonds. The third-order valence-corrected chi connectivity index (χ3v) is 4.20. The normalized spacial score (nSPS) is 23.5. The lowest BCUT2D eigenvalue weighted by Crippen LogP contribution is -2.57. The molecule has 5 nitrogen and oxygen atoms in total. The predicted molar refractivity (Wildman–Crippen MR) is 90.9 cm³/mol. The highest BCUT2D eigenvalue weighted by Crippen LogP contribution is 2.33. The van der Waals surface area contributed by atoms with Crippen molar-refractivity contribution in [1.29, 1.82) is 0 Å². The second-order valence-electron chi connectivity index (χ2n) is 7.29. The van der Waals surface area contributed by atoms with Crippen LogP contribution in [0.5, 0.6) is 0 Å². The molecule has 24 heavy (non-hydrogen) atoms. The molecule has 128 valence electrons. The molecule has 0 N–H and O–H groups in total. The zero-order valence-corrected chi connectivity index (χ0v) is 14.3. The minimum Gasteiger partial charge on any atom is -0.444 e. The van der Waals surface area contributed by atoms with Crippen LogP contribution in [0.3, 0.4) is 0 Å². The van der Waals surface area contributed by atoms with Gasteiger partial charge in [0.2, 0.25) is 0 Å². The summed E-state index contributed by atoms with van der Waals surface area (Å²) in [5.74, 6) is 0. The van der Waals surface area contributed by atoms with Gasteiger partial charge in [0.15, 0.2) is 0 Å². The van der Waals surface area contributed by atoms with Crippen LogP contribution in [0.1, 0.15) is 43.1 Å². The number of benzene rings is 1. The first-order valence-corrected chi connectivity index (χ1v) is 8.23. The number of ether oxygens (including phenoxy) is 2. The van der Waals surface area contributed by atoms with Gasteiger partial charge in [-0.1, -0.05) is 24.3 Å². The Labute approximate surface area is 142 Å². The summed E-state index contributed by atoms with van der Waals surface area (Å²) >= 11 is 0. The van der Waals surface area contributed by atoms with Gasteiger partial charge in [0.25, 0.3) is 0 Å². The van der Waals surface area contributed by atoms with Crippen molar-refractivity contribution >= 4 is 18.0 Å². The first kappa shape index (κ1) is 16.7. The zero-order valence-electron chi connectivity index (χ0n) is 14.3. The van der Waals surface area contributed by atoms with Crippen molar-refractivity contribution in [3.63, 3.8) is 0 Å². The Bertz CT molecular complexity index is 674. The molecule has 0 spiro atoms. The topological polar surface area (TPSA) is 55.8 Å². The number of nitrogens with zero attached hydrogens (tertiary/aromatic N) is 1. The van der Waals surface area contributed by atoms with Crippen molar-refractivity contribution in [2.24, 2.45) is 0 Å². The van der Waals surface area contributed by atoms with Crippen molar-refractivity contribution < 1.29 is 19.1 Å². The summed E-state index contributed by atoms with van der Waals surface area (Å²) < 4.78 is 11.2. The van der Waals surface area contributed by atoms with Gasteiger partial charge in [-0.15, -0.1) is 0 Å². The summed E-state index contributed by atoms with van der Waals surface area (Å²) in [5.41, 5.74) is 2.32. The third-order valence-electron chi connectivity index (χ3n) is 4.20. The third kappa shape index (κ3) is 3.51. The van der Waals surface area contributed by atoms with E-state index in [1.54, 1.807) is 11.0 Å². The molecule has 1 fully saturated rings. The van der Waals surface area contributed by atoms with Crippen LogP contribution in [0.2, 0.25) is 0 Å². The Balaban J connectivity index is 1.87. The van der Waals surface area contributed by atoms with Gasteiger partial charge in [-0.3, -0.25) is 9.69 Å². The highest BCUT2D eigenvalue weighted by atomic mass is 16.6. The van der Waals surface area contributed by atoms with E-state index in [1.165, 1.54) is 0 Å². The van der Waals surface area contributed by atoms with Crippen molar-refractivity contribution in [3.8, 4) is 0 Å². The fraction of sp³-hybridized carbons (Fsp3) is 0.474. The maximum atomic E-state index is 12.5. The summed E-state index contributed by atoms with van der Waals surface area (Å²) in [6.07, 6.45) is 3.31. The highest BCUT2D eigenvalue weighted by Gasteiger charge is 2.40. The molecule has 1 aromatic rings. The minimum absolute atomic E-state index is 0.0431. The molecule has 1 aromatic carbocycles. The molecular formula is C19H23NO4. The SMILES string of the molecule is CC(C)(C)OC(=O)N1C2C=C(c3cccc(C=O)c3)CC1COC2. The number of amides is 1.